The van der Waals surface area contributed by atoms with E-state index in [1.807, 2.05) is 0 Å². The van der Waals surface area contributed by atoms with Crippen molar-refractivity contribution in [3.63, 3.8) is 0 Å². The topological polar surface area (TPSA) is 58.4 Å². The van der Waals surface area contributed by atoms with Gasteiger partial charge in [-0.25, -0.2) is 0 Å². The fourth-order valence-corrected chi connectivity index (χ4v) is 3.37. The highest BCUT2D eigenvalue weighted by atomic mass is 35.5. The van der Waals surface area contributed by atoms with Gasteiger partial charge < -0.3 is 11.1 Å². The van der Waals surface area contributed by atoms with E-state index in [1.54, 1.807) is 0 Å². The zero-order valence-corrected chi connectivity index (χ0v) is 17.0. The highest BCUT2D eigenvalue weighted by molar-refractivity contribution is 5.85. The number of halogens is 2. The summed E-state index contributed by atoms with van der Waals surface area (Å²) >= 11 is 0. The fourth-order valence-electron chi connectivity index (χ4n) is 3.37. The Bertz CT molecular complexity index is 509. The molecular formula is C19H33Cl2N3O. The molecule has 1 amide bonds. The number of hydrogen-bond acceptors (Lipinski definition) is 3. The van der Waals surface area contributed by atoms with Crippen molar-refractivity contribution in [1.29, 1.82) is 0 Å². The molecule has 4 nitrogen and oxygen atoms in total. The van der Waals surface area contributed by atoms with Gasteiger partial charge in [-0.3, -0.25) is 9.69 Å². The Labute approximate surface area is 164 Å². The Morgan fingerprint density at radius 1 is 1.20 bits per heavy atom. The number of carbonyl (C=O) groups excluding carboxylic acids is 1. The highest BCUT2D eigenvalue weighted by Gasteiger charge is 2.25. The predicted octanol–water partition coefficient (Wildman–Crippen LogP) is 3.51. The molecule has 25 heavy (non-hydrogen) atoms. The molecule has 0 aliphatic heterocycles. The Balaban J connectivity index is 0.00000288. The number of nitrogens with zero attached hydrogens (tertiary/aromatic N) is 1. The monoisotopic (exact) mass is 389 g/mol. The van der Waals surface area contributed by atoms with Crippen molar-refractivity contribution in [3.8, 4) is 0 Å². The Morgan fingerprint density at radius 3 is 2.48 bits per heavy atom. The molecule has 144 valence electrons. The molecule has 2 rings (SSSR count). The SMILES string of the molecule is CCN(CC)Cc1cccc(CNC(=O)C[C@@H]2CCC[C@H]2N)c1.Cl.Cl. The van der Waals surface area contributed by atoms with E-state index >= 15 is 0 Å². The summed E-state index contributed by atoms with van der Waals surface area (Å²) in [6, 6.07) is 8.71. The van der Waals surface area contributed by atoms with Crippen molar-refractivity contribution < 1.29 is 4.79 Å². The second-order valence-corrected chi connectivity index (χ2v) is 6.62. The van der Waals surface area contributed by atoms with Crippen LogP contribution in [0.1, 0.15) is 50.7 Å². The summed E-state index contributed by atoms with van der Waals surface area (Å²) < 4.78 is 0. The normalized spacial score (nSPS) is 19.2. The molecule has 0 spiro atoms. The molecule has 2 atom stereocenters. The summed E-state index contributed by atoms with van der Waals surface area (Å²) in [5, 5.41) is 3.05. The number of amides is 1. The third kappa shape index (κ3) is 7.95. The molecule has 0 unspecified atom stereocenters. The quantitative estimate of drug-likeness (QED) is 0.714. The lowest BCUT2D eigenvalue weighted by atomic mass is 10.00. The molecule has 1 aliphatic rings. The van der Waals surface area contributed by atoms with E-state index in [9.17, 15) is 4.79 Å². The van der Waals surface area contributed by atoms with Gasteiger partial charge in [0.15, 0.2) is 0 Å². The van der Waals surface area contributed by atoms with Gasteiger partial charge in [-0.05, 0) is 43.0 Å². The van der Waals surface area contributed by atoms with E-state index in [1.165, 1.54) is 11.1 Å². The molecule has 6 heteroatoms. The minimum atomic E-state index is 0. The predicted molar refractivity (Wildman–Crippen MR) is 109 cm³/mol. The second kappa shape index (κ2) is 12.5. The first-order chi connectivity index (χ1) is 11.1. The van der Waals surface area contributed by atoms with Crippen molar-refractivity contribution in [1.82, 2.24) is 10.2 Å². The van der Waals surface area contributed by atoms with Crippen molar-refractivity contribution in [2.75, 3.05) is 13.1 Å². The molecule has 0 radical (unpaired) electrons. The fraction of sp³-hybridized carbons (Fsp3) is 0.632. The molecule has 3 N–H and O–H groups in total. The average molecular weight is 390 g/mol. The lowest BCUT2D eigenvalue weighted by Crippen LogP contribution is -2.31. The van der Waals surface area contributed by atoms with Crippen LogP contribution in [0.4, 0.5) is 0 Å². The number of benzene rings is 1. The molecule has 1 aliphatic carbocycles. The number of nitrogens with one attached hydrogen (secondary N) is 1. The van der Waals surface area contributed by atoms with Gasteiger partial charge in [0.2, 0.25) is 5.91 Å². The van der Waals surface area contributed by atoms with Crippen LogP contribution < -0.4 is 11.1 Å². The molecule has 0 aromatic heterocycles. The summed E-state index contributed by atoms with van der Waals surface area (Å²) in [5.41, 5.74) is 8.51. The maximum absolute atomic E-state index is 12.1. The smallest absolute Gasteiger partial charge is 0.220 e. The van der Waals surface area contributed by atoms with Gasteiger partial charge in [-0.2, -0.15) is 0 Å². The number of nitrogens with two attached hydrogens (primary N) is 1. The third-order valence-corrected chi connectivity index (χ3v) is 4.95. The number of carbonyl (C=O) groups is 1. The first-order valence-electron chi connectivity index (χ1n) is 8.94. The van der Waals surface area contributed by atoms with E-state index in [4.69, 9.17) is 5.73 Å². The largest absolute Gasteiger partial charge is 0.352 e. The molecule has 1 saturated carbocycles. The molecule has 0 heterocycles. The first-order valence-corrected chi connectivity index (χ1v) is 8.94. The zero-order chi connectivity index (χ0) is 16.7. The summed E-state index contributed by atoms with van der Waals surface area (Å²) in [5.74, 6) is 0.491. The summed E-state index contributed by atoms with van der Waals surface area (Å²) in [6.45, 7) is 8.04. The van der Waals surface area contributed by atoms with Crippen LogP contribution in [-0.2, 0) is 17.9 Å². The van der Waals surface area contributed by atoms with E-state index in [0.29, 0.717) is 18.9 Å². The standard InChI is InChI=1S/C19H31N3O.2ClH/c1-3-22(4-2)14-16-8-5-7-15(11-16)13-21-19(23)12-17-9-6-10-18(17)20;;/h5,7-8,11,17-18H,3-4,6,9-10,12-14,20H2,1-2H3,(H,21,23);2*1H/t17-,18+;;/m0../s1. The van der Waals surface area contributed by atoms with Crippen LogP contribution in [-0.4, -0.2) is 29.9 Å². The van der Waals surface area contributed by atoms with Crippen molar-refractivity contribution in [3.05, 3.63) is 35.4 Å². The lowest BCUT2D eigenvalue weighted by molar-refractivity contribution is -0.122. The van der Waals surface area contributed by atoms with E-state index < -0.39 is 0 Å². The minimum absolute atomic E-state index is 0. The Hall–Kier alpha value is -0.810. The van der Waals surface area contributed by atoms with Crippen LogP contribution in [0.15, 0.2) is 24.3 Å². The van der Waals surface area contributed by atoms with E-state index in [2.05, 4.69) is 48.3 Å². The van der Waals surface area contributed by atoms with Crippen molar-refractivity contribution >= 4 is 30.7 Å². The Morgan fingerprint density at radius 2 is 1.88 bits per heavy atom. The van der Waals surface area contributed by atoms with Crippen LogP contribution in [0.25, 0.3) is 0 Å². The first kappa shape index (κ1) is 24.2. The van der Waals surface area contributed by atoms with Gasteiger partial charge >= 0.3 is 0 Å². The zero-order valence-electron chi connectivity index (χ0n) is 15.4. The van der Waals surface area contributed by atoms with Crippen LogP contribution in [0, 0.1) is 5.92 Å². The molecule has 0 bridgehead atoms. The van der Waals surface area contributed by atoms with Crippen molar-refractivity contribution in [2.45, 2.75) is 58.7 Å². The van der Waals surface area contributed by atoms with E-state index in [-0.39, 0.29) is 36.8 Å². The van der Waals surface area contributed by atoms with Crippen LogP contribution in [0.2, 0.25) is 0 Å². The van der Waals surface area contributed by atoms with Gasteiger partial charge in [0.25, 0.3) is 0 Å². The van der Waals surface area contributed by atoms with Crippen molar-refractivity contribution in [2.24, 2.45) is 11.7 Å². The van der Waals surface area contributed by atoms with Gasteiger partial charge in [-0.1, -0.05) is 44.5 Å². The summed E-state index contributed by atoms with van der Waals surface area (Å²) in [6.07, 6.45) is 3.88. The maximum Gasteiger partial charge on any atom is 0.220 e. The van der Waals surface area contributed by atoms with Gasteiger partial charge in [0, 0.05) is 25.6 Å². The second-order valence-electron chi connectivity index (χ2n) is 6.62. The molecule has 0 saturated heterocycles. The third-order valence-electron chi connectivity index (χ3n) is 4.95. The van der Waals surface area contributed by atoms with Crippen LogP contribution in [0.3, 0.4) is 0 Å². The summed E-state index contributed by atoms with van der Waals surface area (Å²) in [4.78, 5) is 14.5. The van der Waals surface area contributed by atoms with E-state index in [0.717, 1.165) is 38.9 Å². The highest BCUT2D eigenvalue weighted by Crippen LogP contribution is 2.26. The number of hydrogen-bond donors (Lipinski definition) is 2. The Kier molecular flexibility index (Phi) is 12.1. The average Bonchev–Trinajstić information content (AvgIpc) is 2.96. The lowest BCUT2D eigenvalue weighted by Gasteiger charge is -2.18. The maximum atomic E-state index is 12.1. The molecular weight excluding hydrogens is 357 g/mol. The van der Waals surface area contributed by atoms with Gasteiger partial charge in [0.1, 0.15) is 0 Å². The van der Waals surface area contributed by atoms with Gasteiger partial charge in [-0.15, -0.1) is 24.8 Å². The minimum Gasteiger partial charge on any atom is -0.352 e. The summed E-state index contributed by atoms with van der Waals surface area (Å²) in [7, 11) is 0. The number of rotatable bonds is 8. The van der Waals surface area contributed by atoms with Crippen LogP contribution in [0.5, 0.6) is 0 Å². The molecule has 1 aromatic rings. The van der Waals surface area contributed by atoms with Crippen LogP contribution >= 0.6 is 24.8 Å². The molecule has 1 aromatic carbocycles. The molecule has 1 fully saturated rings. The van der Waals surface area contributed by atoms with Gasteiger partial charge in [0.05, 0.1) is 0 Å².